The number of rotatable bonds is 4. The van der Waals surface area contributed by atoms with Gasteiger partial charge < -0.3 is 4.57 Å². The van der Waals surface area contributed by atoms with Gasteiger partial charge >= 0.3 is 0 Å². The van der Waals surface area contributed by atoms with Gasteiger partial charge in [0.25, 0.3) is 0 Å². The van der Waals surface area contributed by atoms with Crippen LogP contribution in [0.1, 0.15) is 5.56 Å². The molecule has 0 radical (unpaired) electrons. The largest absolute Gasteiger partial charge is 0.351 e. The van der Waals surface area contributed by atoms with E-state index in [1.807, 2.05) is 30.8 Å². The lowest BCUT2D eigenvalue weighted by Gasteiger charge is -2.33. The van der Waals surface area contributed by atoms with Crippen LogP contribution in [0.4, 0.5) is 0 Å². The predicted octanol–water partition coefficient (Wildman–Crippen LogP) is 2.19. The maximum absolute atomic E-state index is 13.3. The van der Waals surface area contributed by atoms with Crippen molar-refractivity contribution in [1.29, 1.82) is 0 Å². The summed E-state index contributed by atoms with van der Waals surface area (Å²) in [4.78, 5) is 0.319. The Morgan fingerprint density at radius 2 is 1.50 bits per heavy atom. The third-order valence-corrected chi connectivity index (χ3v) is 10.2. The first-order valence-electron chi connectivity index (χ1n) is 9.97. The fourth-order valence-electron chi connectivity index (χ4n) is 4.03. The molecule has 1 aliphatic heterocycles. The van der Waals surface area contributed by atoms with Crippen LogP contribution in [0.15, 0.2) is 52.4 Å². The Labute approximate surface area is 190 Å². The third kappa shape index (κ3) is 3.33. The molecule has 2 aromatic carbocycles. The fourth-order valence-corrected chi connectivity index (χ4v) is 7.72. The summed E-state index contributed by atoms with van der Waals surface area (Å²) >= 11 is 0.976. The Balaban J connectivity index is 1.39. The molecule has 1 aliphatic rings. The second kappa shape index (κ2) is 7.59. The van der Waals surface area contributed by atoms with Crippen molar-refractivity contribution in [3.8, 4) is 0 Å². The van der Waals surface area contributed by atoms with E-state index in [0.717, 1.165) is 28.2 Å². The minimum absolute atomic E-state index is 0.0715. The van der Waals surface area contributed by atoms with Gasteiger partial charge in [-0.25, -0.2) is 16.8 Å². The van der Waals surface area contributed by atoms with Crippen molar-refractivity contribution in [2.75, 3.05) is 26.2 Å². The van der Waals surface area contributed by atoms with Crippen LogP contribution in [-0.2, 0) is 27.1 Å². The van der Waals surface area contributed by atoms with Gasteiger partial charge in [-0.15, -0.1) is 0 Å². The summed E-state index contributed by atoms with van der Waals surface area (Å²) in [5.74, 6) is 0. The van der Waals surface area contributed by atoms with Crippen LogP contribution in [0.3, 0.4) is 0 Å². The molecule has 0 amide bonds. The van der Waals surface area contributed by atoms with Crippen LogP contribution < -0.4 is 0 Å². The molecule has 0 atom stereocenters. The number of aryl methyl sites for hydroxylation is 2. The summed E-state index contributed by atoms with van der Waals surface area (Å²) < 4.78 is 65.9. The number of nitrogens with zero attached hydrogens (tertiary/aromatic N) is 5. The normalized spacial score (nSPS) is 16.8. The van der Waals surface area contributed by atoms with Crippen molar-refractivity contribution in [2.24, 2.45) is 7.05 Å². The Kier molecular flexibility index (Phi) is 5.09. The second-order valence-corrected chi connectivity index (χ2v) is 12.2. The molecule has 1 saturated heterocycles. The molecule has 0 saturated carbocycles. The quantitative estimate of drug-likeness (QED) is 0.433. The molecule has 0 aliphatic carbocycles. The Morgan fingerprint density at radius 1 is 0.844 bits per heavy atom. The van der Waals surface area contributed by atoms with E-state index < -0.39 is 20.0 Å². The summed E-state index contributed by atoms with van der Waals surface area (Å²) in [5, 5.41) is 0.843. The molecule has 12 heteroatoms. The van der Waals surface area contributed by atoms with Crippen molar-refractivity contribution in [3.63, 3.8) is 0 Å². The van der Waals surface area contributed by atoms with Crippen molar-refractivity contribution in [2.45, 2.75) is 16.7 Å². The number of piperazine rings is 1. The number of fused-ring (bicyclic) bond motifs is 2. The SMILES string of the molecule is Cc1ccc(S(=O)(=O)N2CCN(S(=O)(=O)c3ccc4c(ccn4C)c3)CC2)c2nsnc12. The van der Waals surface area contributed by atoms with E-state index in [9.17, 15) is 16.8 Å². The molecule has 32 heavy (non-hydrogen) atoms. The van der Waals surface area contributed by atoms with Crippen LogP contribution >= 0.6 is 11.7 Å². The van der Waals surface area contributed by atoms with E-state index in [2.05, 4.69) is 8.75 Å². The van der Waals surface area contributed by atoms with Gasteiger partial charge in [0.15, 0.2) is 0 Å². The third-order valence-electron chi connectivity index (χ3n) is 5.89. The molecular weight excluding hydrogens is 470 g/mol. The van der Waals surface area contributed by atoms with Crippen molar-refractivity contribution < 1.29 is 16.8 Å². The minimum atomic E-state index is -3.82. The van der Waals surface area contributed by atoms with Crippen LogP contribution in [0.2, 0.25) is 0 Å². The summed E-state index contributed by atoms with van der Waals surface area (Å²) in [5.41, 5.74) is 2.75. The molecular formula is C20H21N5O4S3. The maximum Gasteiger partial charge on any atom is 0.245 e. The molecule has 9 nitrogen and oxygen atoms in total. The number of aromatic nitrogens is 3. The minimum Gasteiger partial charge on any atom is -0.351 e. The van der Waals surface area contributed by atoms with Crippen LogP contribution in [0.5, 0.6) is 0 Å². The first-order valence-corrected chi connectivity index (χ1v) is 13.6. The number of benzene rings is 2. The van der Waals surface area contributed by atoms with Gasteiger partial charge in [-0.3, -0.25) is 0 Å². The molecule has 5 rings (SSSR count). The first-order chi connectivity index (χ1) is 15.2. The zero-order valence-corrected chi connectivity index (χ0v) is 19.9. The van der Waals surface area contributed by atoms with Crippen LogP contribution in [0, 0.1) is 6.92 Å². The van der Waals surface area contributed by atoms with Crippen LogP contribution in [-0.4, -0.2) is 64.9 Å². The van der Waals surface area contributed by atoms with Gasteiger partial charge in [0, 0.05) is 50.3 Å². The molecule has 3 heterocycles. The lowest BCUT2D eigenvalue weighted by Crippen LogP contribution is -2.50. The first kappa shape index (κ1) is 21.5. The van der Waals surface area contributed by atoms with Crippen molar-refractivity contribution in [3.05, 3.63) is 48.2 Å². The summed E-state index contributed by atoms with van der Waals surface area (Å²) in [7, 11) is -5.65. The standard InChI is InChI=1S/C20H21N5O4S3/c1-14-3-6-18(20-19(14)21-30-22-20)32(28,29)25-11-9-24(10-12-25)31(26,27)16-4-5-17-15(13-16)7-8-23(17)2/h3-8,13H,9-12H2,1-2H3. The zero-order chi connectivity index (χ0) is 22.7. The molecule has 4 aromatic rings. The average Bonchev–Trinajstić information content (AvgIpc) is 3.41. The van der Waals surface area contributed by atoms with Crippen LogP contribution in [0.25, 0.3) is 21.9 Å². The van der Waals surface area contributed by atoms with Gasteiger partial charge in [0.2, 0.25) is 20.0 Å². The van der Waals surface area contributed by atoms with E-state index in [0.29, 0.717) is 11.0 Å². The molecule has 2 aromatic heterocycles. The molecule has 0 bridgehead atoms. The molecule has 0 spiro atoms. The average molecular weight is 492 g/mol. The van der Waals surface area contributed by atoms with E-state index in [-0.39, 0.29) is 36.0 Å². The molecule has 0 N–H and O–H groups in total. The number of hydrogen-bond acceptors (Lipinski definition) is 7. The molecule has 0 unspecified atom stereocenters. The van der Waals surface area contributed by atoms with E-state index in [1.54, 1.807) is 30.3 Å². The highest BCUT2D eigenvalue weighted by Crippen LogP contribution is 2.29. The fraction of sp³-hybridized carbons (Fsp3) is 0.300. The molecule has 168 valence electrons. The zero-order valence-electron chi connectivity index (χ0n) is 17.5. The number of sulfonamides is 2. The Bertz CT molecular complexity index is 1550. The van der Waals surface area contributed by atoms with Crippen molar-refractivity contribution in [1.82, 2.24) is 21.9 Å². The van der Waals surface area contributed by atoms with E-state index >= 15 is 0 Å². The Morgan fingerprint density at radius 3 is 2.22 bits per heavy atom. The highest BCUT2D eigenvalue weighted by molar-refractivity contribution is 7.89. The van der Waals surface area contributed by atoms with Gasteiger partial charge in [0.1, 0.15) is 15.9 Å². The predicted molar refractivity (Wildman–Crippen MR) is 123 cm³/mol. The van der Waals surface area contributed by atoms with Gasteiger partial charge in [0.05, 0.1) is 16.6 Å². The lowest BCUT2D eigenvalue weighted by atomic mass is 10.2. The van der Waals surface area contributed by atoms with E-state index in [1.165, 1.54) is 8.61 Å². The van der Waals surface area contributed by atoms with Crippen molar-refractivity contribution >= 4 is 53.7 Å². The van der Waals surface area contributed by atoms with Gasteiger partial charge in [-0.05, 0) is 42.8 Å². The monoisotopic (exact) mass is 491 g/mol. The highest BCUT2D eigenvalue weighted by Gasteiger charge is 2.35. The van der Waals surface area contributed by atoms with E-state index in [4.69, 9.17) is 0 Å². The smallest absolute Gasteiger partial charge is 0.245 e. The number of hydrogen-bond donors (Lipinski definition) is 0. The summed E-state index contributed by atoms with van der Waals surface area (Å²) in [6.07, 6.45) is 1.88. The Hall–Kier alpha value is -2.38. The topological polar surface area (TPSA) is 105 Å². The molecule has 1 fully saturated rings. The maximum atomic E-state index is 13.3. The second-order valence-electron chi connectivity index (χ2n) is 7.80. The lowest BCUT2D eigenvalue weighted by molar-refractivity contribution is 0.273. The summed E-state index contributed by atoms with van der Waals surface area (Å²) in [6.45, 7) is 2.16. The summed E-state index contributed by atoms with van der Waals surface area (Å²) in [6, 6.07) is 10.2. The highest BCUT2D eigenvalue weighted by atomic mass is 32.2. The van der Waals surface area contributed by atoms with Gasteiger partial charge in [-0.1, -0.05) is 6.07 Å². The van der Waals surface area contributed by atoms with Gasteiger partial charge in [-0.2, -0.15) is 17.4 Å².